The predicted octanol–water partition coefficient (Wildman–Crippen LogP) is -0.0766. The lowest BCUT2D eigenvalue weighted by Crippen LogP contribution is -2.73. The Labute approximate surface area is 199 Å². The predicted molar refractivity (Wildman–Crippen MR) is 120 cm³/mol. The second-order valence-corrected chi connectivity index (χ2v) is 9.54. The Morgan fingerprint density at radius 2 is 2.15 bits per heavy atom. The zero-order chi connectivity index (χ0) is 24.3. The number of alkyl halides is 1. The van der Waals surface area contributed by atoms with Crippen LogP contribution < -0.4 is 10.6 Å². The molecule has 3 atom stereocenters. The van der Waals surface area contributed by atoms with Gasteiger partial charge < -0.3 is 20.2 Å². The minimum absolute atomic E-state index is 0.0580. The number of β-lactam (4-membered cyclic amide) rings is 1. The summed E-state index contributed by atoms with van der Waals surface area (Å²) < 4.78 is 17.7. The first-order valence-corrected chi connectivity index (χ1v) is 12.2. The zero-order valence-electron chi connectivity index (χ0n) is 17.7. The summed E-state index contributed by atoms with van der Waals surface area (Å²) in [7, 11) is -0.292. The van der Waals surface area contributed by atoms with Crippen LogP contribution in [0.25, 0.3) is 0 Å². The van der Waals surface area contributed by atoms with Crippen LogP contribution in [0.15, 0.2) is 21.8 Å². The third kappa shape index (κ3) is 5.23. The maximum Gasteiger partial charge on any atom is 0.302 e. The number of oxime groups is 1. The Hall–Kier alpha value is -2.84. The molecule has 33 heavy (non-hydrogen) atoms. The molecule has 0 radical (unpaired) electrons. The topological polar surface area (TPSA) is 156 Å². The van der Waals surface area contributed by atoms with Crippen LogP contribution >= 0.6 is 22.9 Å². The number of hydrogen-bond acceptors (Lipinski definition) is 10. The minimum Gasteiger partial charge on any atom is -0.461 e. The average molecular weight is 518 g/mol. The summed E-state index contributed by atoms with van der Waals surface area (Å²) in [6.07, 6.45) is 0. The van der Waals surface area contributed by atoms with Crippen LogP contribution in [0.5, 0.6) is 0 Å². The molecule has 1 aromatic rings. The quantitative estimate of drug-likeness (QED) is 0.159. The number of nitrogens with one attached hydrogen (secondary N) is 2. The second-order valence-electron chi connectivity index (χ2n) is 6.89. The first-order chi connectivity index (χ1) is 15.7. The van der Waals surface area contributed by atoms with Crippen molar-refractivity contribution in [2.45, 2.75) is 25.3 Å². The molecule has 0 aliphatic carbocycles. The van der Waals surface area contributed by atoms with Gasteiger partial charge in [-0.15, -0.1) is 22.9 Å². The summed E-state index contributed by atoms with van der Waals surface area (Å²) in [4.78, 5) is 58.3. The lowest BCUT2D eigenvalue weighted by molar-refractivity contribution is -0.145. The average Bonchev–Trinajstić information content (AvgIpc) is 3.23. The Bertz CT molecular complexity index is 1090. The van der Waals surface area contributed by atoms with Crippen molar-refractivity contribution in [1.29, 1.82) is 0 Å². The van der Waals surface area contributed by atoms with Crippen LogP contribution in [0.1, 0.15) is 19.5 Å². The fraction of sp³-hybridized carbons (Fsp3) is 0.444. The highest BCUT2D eigenvalue weighted by molar-refractivity contribution is 7.86. The van der Waals surface area contributed by atoms with E-state index in [4.69, 9.17) is 21.2 Å². The number of anilines is 1. The van der Waals surface area contributed by atoms with Gasteiger partial charge in [-0.25, -0.2) is 4.98 Å². The monoisotopic (exact) mass is 517 g/mol. The van der Waals surface area contributed by atoms with E-state index in [1.807, 2.05) is 0 Å². The van der Waals surface area contributed by atoms with Gasteiger partial charge in [0.15, 0.2) is 10.8 Å². The number of ether oxygens (including phenoxy) is 1. The summed E-state index contributed by atoms with van der Waals surface area (Å²) in [5.74, 6) is -2.33. The Balaban J connectivity index is 1.74. The number of carbonyl (C=O) groups excluding carboxylic acids is 4. The molecule has 1 aromatic heterocycles. The highest BCUT2D eigenvalue weighted by Gasteiger charge is 2.55. The van der Waals surface area contributed by atoms with Gasteiger partial charge in [0.05, 0.1) is 16.6 Å². The molecule has 3 heterocycles. The molecule has 1 saturated heterocycles. The van der Waals surface area contributed by atoms with Crippen LogP contribution in [-0.2, 0) is 39.6 Å². The minimum atomic E-state index is -1.53. The van der Waals surface area contributed by atoms with E-state index in [1.165, 1.54) is 24.3 Å². The van der Waals surface area contributed by atoms with Gasteiger partial charge in [-0.3, -0.25) is 28.3 Å². The van der Waals surface area contributed by atoms with E-state index in [0.29, 0.717) is 11.3 Å². The molecular formula is C18H20ClN5O7S2. The van der Waals surface area contributed by atoms with Crippen LogP contribution in [0, 0.1) is 0 Å². The van der Waals surface area contributed by atoms with Crippen LogP contribution in [0.3, 0.4) is 0 Å². The van der Waals surface area contributed by atoms with E-state index in [1.54, 1.807) is 6.92 Å². The van der Waals surface area contributed by atoms with E-state index in [9.17, 15) is 23.4 Å². The number of amides is 3. The lowest BCUT2D eigenvalue weighted by atomic mass is 10.0. The van der Waals surface area contributed by atoms with Crippen molar-refractivity contribution in [3.63, 3.8) is 0 Å². The SMILES string of the molecule is CO/N=C(/C(=O)NC1C(=O)N2C(C)=C(COC(C)=O)CS(=O)C12)c1csc(NC(=O)CCl)n1. The molecule has 178 valence electrons. The van der Waals surface area contributed by atoms with E-state index in [2.05, 4.69) is 20.8 Å². The molecule has 0 aromatic carbocycles. The number of nitrogens with zero attached hydrogens (tertiary/aromatic N) is 3. The van der Waals surface area contributed by atoms with E-state index < -0.39 is 45.9 Å². The molecule has 3 unspecified atom stereocenters. The molecule has 12 nitrogen and oxygen atoms in total. The molecule has 0 bridgehead atoms. The second kappa shape index (κ2) is 10.4. The Kier molecular flexibility index (Phi) is 7.81. The fourth-order valence-corrected chi connectivity index (χ4v) is 5.76. The summed E-state index contributed by atoms with van der Waals surface area (Å²) in [5, 5.41) is 9.60. The normalized spacial score (nSPS) is 22.3. The van der Waals surface area contributed by atoms with Crippen molar-refractivity contribution < 1.29 is 33.0 Å². The number of aromatic nitrogens is 1. The molecular weight excluding hydrogens is 498 g/mol. The molecule has 1 fully saturated rings. The molecule has 2 N–H and O–H groups in total. The molecule has 0 saturated carbocycles. The Morgan fingerprint density at radius 3 is 2.79 bits per heavy atom. The molecule has 2 aliphatic rings. The van der Waals surface area contributed by atoms with Crippen molar-refractivity contribution in [2.75, 3.05) is 30.7 Å². The Morgan fingerprint density at radius 1 is 1.42 bits per heavy atom. The smallest absolute Gasteiger partial charge is 0.302 e. The van der Waals surface area contributed by atoms with Crippen molar-refractivity contribution in [3.05, 3.63) is 22.3 Å². The third-order valence-corrected chi connectivity index (χ3v) is 7.41. The van der Waals surface area contributed by atoms with Gasteiger partial charge in [0.2, 0.25) is 5.91 Å². The van der Waals surface area contributed by atoms with E-state index in [0.717, 1.165) is 11.3 Å². The van der Waals surface area contributed by atoms with Gasteiger partial charge in [-0.1, -0.05) is 5.16 Å². The number of rotatable bonds is 8. The number of hydrogen-bond donors (Lipinski definition) is 2. The highest BCUT2D eigenvalue weighted by atomic mass is 35.5. The van der Waals surface area contributed by atoms with E-state index in [-0.39, 0.29) is 34.8 Å². The van der Waals surface area contributed by atoms with Crippen molar-refractivity contribution in [2.24, 2.45) is 5.16 Å². The van der Waals surface area contributed by atoms with Gasteiger partial charge in [-0.05, 0) is 12.5 Å². The number of halogens is 1. The molecule has 0 spiro atoms. The first-order valence-electron chi connectivity index (χ1n) is 9.43. The summed E-state index contributed by atoms with van der Waals surface area (Å²) in [5.41, 5.74) is 1.00. The lowest BCUT2D eigenvalue weighted by Gasteiger charge is -2.49. The molecule has 3 rings (SSSR count). The maximum atomic E-state index is 12.9. The van der Waals surface area contributed by atoms with Gasteiger partial charge in [0, 0.05) is 18.0 Å². The highest BCUT2D eigenvalue weighted by Crippen LogP contribution is 2.34. The first kappa shape index (κ1) is 24.8. The van der Waals surface area contributed by atoms with Gasteiger partial charge >= 0.3 is 5.97 Å². The van der Waals surface area contributed by atoms with Crippen LogP contribution in [0.4, 0.5) is 5.13 Å². The number of thiazole rings is 1. The molecule has 3 amide bonds. The van der Waals surface area contributed by atoms with Crippen LogP contribution in [0.2, 0.25) is 0 Å². The fourth-order valence-electron chi connectivity index (χ4n) is 3.19. The standard InChI is InChI=1S/C18H20ClN5O7S2/c1-8-10(5-31-9(2)25)7-33(29)17-14(16(28)24(8)17)22-15(27)13(23-30-3)11-6-32-18(20-11)21-12(26)4-19/h6,14,17H,4-5,7H2,1-3H3,(H,22,27)(H,20,21,26)/b23-13+. The van der Waals surface area contributed by atoms with Crippen molar-refractivity contribution in [3.8, 4) is 0 Å². The van der Waals surface area contributed by atoms with E-state index >= 15 is 0 Å². The van der Waals surface area contributed by atoms with Crippen LogP contribution in [-0.4, -0.2) is 80.3 Å². The van der Waals surface area contributed by atoms with Gasteiger partial charge in [0.25, 0.3) is 11.8 Å². The molecule has 2 aliphatic heterocycles. The van der Waals surface area contributed by atoms with Crippen molar-refractivity contribution in [1.82, 2.24) is 15.2 Å². The number of allylic oxidation sites excluding steroid dienone is 1. The summed E-state index contributed by atoms with van der Waals surface area (Å²) in [6, 6.07) is -1.04. The maximum absolute atomic E-state index is 12.9. The molecule has 15 heteroatoms. The largest absolute Gasteiger partial charge is 0.461 e. The van der Waals surface area contributed by atoms with Gasteiger partial charge in [-0.2, -0.15) is 0 Å². The third-order valence-electron chi connectivity index (χ3n) is 4.75. The zero-order valence-corrected chi connectivity index (χ0v) is 20.1. The number of fused-ring (bicyclic) bond motifs is 1. The number of carbonyl (C=O) groups is 4. The number of esters is 1. The summed E-state index contributed by atoms with van der Waals surface area (Å²) >= 11 is 6.50. The van der Waals surface area contributed by atoms with Crippen molar-refractivity contribution >= 4 is 68.3 Å². The summed E-state index contributed by atoms with van der Waals surface area (Å²) in [6.45, 7) is 2.87. The van der Waals surface area contributed by atoms with Gasteiger partial charge in [0.1, 0.15) is 36.7 Å².